The van der Waals surface area contributed by atoms with Crippen LogP contribution in [0.3, 0.4) is 0 Å². The summed E-state index contributed by atoms with van der Waals surface area (Å²) in [6.45, 7) is 1.96. The molecule has 0 saturated heterocycles. The number of thiophene rings is 1. The van der Waals surface area contributed by atoms with Crippen molar-refractivity contribution in [3.63, 3.8) is 0 Å². The molecule has 6 nitrogen and oxygen atoms in total. The molecule has 0 fully saturated rings. The van der Waals surface area contributed by atoms with Gasteiger partial charge in [0.2, 0.25) is 11.8 Å². The first-order valence-corrected chi connectivity index (χ1v) is 10.8. The highest BCUT2D eigenvalue weighted by atomic mass is 32.1. The summed E-state index contributed by atoms with van der Waals surface area (Å²) in [6, 6.07) is 20.3. The highest BCUT2D eigenvalue weighted by Crippen LogP contribution is 2.48. The molecule has 0 aliphatic carbocycles. The highest BCUT2D eigenvalue weighted by molar-refractivity contribution is 7.10. The van der Waals surface area contributed by atoms with Gasteiger partial charge in [0.15, 0.2) is 12.4 Å². The summed E-state index contributed by atoms with van der Waals surface area (Å²) in [6.07, 6.45) is 3.80. The van der Waals surface area contributed by atoms with Gasteiger partial charge in [-0.3, -0.25) is 5.41 Å². The molecule has 0 spiro atoms. The van der Waals surface area contributed by atoms with Gasteiger partial charge in [-0.15, -0.1) is 11.3 Å². The van der Waals surface area contributed by atoms with E-state index in [-0.39, 0.29) is 16.8 Å². The molecule has 1 aliphatic heterocycles. The Hall–Kier alpha value is -4.00. The van der Waals surface area contributed by atoms with Crippen molar-refractivity contribution >= 4 is 17.2 Å². The smallest absolute Gasteiger partial charge is 0.227 e. The molecule has 3 aromatic rings. The van der Waals surface area contributed by atoms with E-state index in [0.29, 0.717) is 5.56 Å². The number of nitriles is 2. The number of nitrogens with one attached hydrogen (secondary N) is 2. The van der Waals surface area contributed by atoms with E-state index < -0.39 is 17.7 Å². The van der Waals surface area contributed by atoms with Crippen molar-refractivity contribution in [3.8, 4) is 12.1 Å². The highest BCUT2D eigenvalue weighted by Gasteiger charge is 2.56. The van der Waals surface area contributed by atoms with Gasteiger partial charge in [0, 0.05) is 22.1 Å². The van der Waals surface area contributed by atoms with Crippen molar-refractivity contribution in [1.82, 2.24) is 5.32 Å². The van der Waals surface area contributed by atoms with E-state index in [4.69, 9.17) is 5.41 Å². The fraction of sp³-hybridized carbons (Fsp3) is 0.160. The summed E-state index contributed by atoms with van der Waals surface area (Å²) < 4.78 is 1.91. The number of allylic oxidation sites excluding steroid dienone is 2. The molecule has 156 valence electrons. The molecule has 0 bridgehead atoms. The quantitative estimate of drug-likeness (QED) is 0.329. The van der Waals surface area contributed by atoms with Crippen LogP contribution in [0.1, 0.15) is 28.0 Å². The largest absolute Gasteiger partial charge is 0.362 e. The Morgan fingerprint density at radius 2 is 1.94 bits per heavy atom. The molecule has 0 amide bonds. The second kappa shape index (κ2) is 8.63. The number of nitrogens with zero attached hydrogens (tertiary/aromatic N) is 3. The van der Waals surface area contributed by atoms with Crippen LogP contribution in [0.15, 0.2) is 89.2 Å². The fourth-order valence-electron chi connectivity index (χ4n) is 4.23. The molecule has 0 unspecified atom stereocenters. The minimum absolute atomic E-state index is 0.124. The van der Waals surface area contributed by atoms with Crippen LogP contribution < -0.4 is 9.88 Å². The molecule has 7 heteroatoms. The third kappa shape index (κ3) is 3.51. The number of aryl methyl sites for hydroxylation is 1. The molecule has 0 radical (unpaired) electrons. The first-order valence-electron chi connectivity index (χ1n) is 9.94. The van der Waals surface area contributed by atoms with Crippen LogP contribution in [0.4, 0.5) is 0 Å². The zero-order valence-corrected chi connectivity index (χ0v) is 18.1. The van der Waals surface area contributed by atoms with Crippen LogP contribution in [-0.4, -0.2) is 11.0 Å². The summed E-state index contributed by atoms with van der Waals surface area (Å²) in [5, 5.41) is 44.7. The Morgan fingerprint density at radius 3 is 2.53 bits per heavy atom. The third-order valence-corrected chi connectivity index (χ3v) is 6.56. The second-order valence-electron chi connectivity index (χ2n) is 7.54. The molecular formula is C25H20N5OS+. The number of aliphatic hydroxyl groups is 1. The predicted octanol–water partition coefficient (Wildman–Crippen LogP) is 3.59. The number of hydrogen-bond donors (Lipinski definition) is 3. The van der Waals surface area contributed by atoms with Gasteiger partial charge in [-0.05, 0) is 30.3 Å². The normalized spacial score (nSPS) is 22.2. The van der Waals surface area contributed by atoms with E-state index in [0.717, 1.165) is 10.4 Å². The number of hydrogen-bond acceptors (Lipinski definition) is 6. The Bertz CT molecular complexity index is 1310. The van der Waals surface area contributed by atoms with Crippen LogP contribution in [0.5, 0.6) is 0 Å². The van der Waals surface area contributed by atoms with Crippen LogP contribution in [0.25, 0.3) is 0 Å². The molecule has 1 aromatic carbocycles. The minimum Gasteiger partial charge on any atom is -0.362 e. The van der Waals surface area contributed by atoms with Gasteiger partial charge in [0.1, 0.15) is 11.6 Å². The first-order chi connectivity index (χ1) is 15.5. The molecule has 3 atom stereocenters. The lowest BCUT2D eigenvalue weighted by atomic mass is 9.75. The molecule has 2 aromatic heterocycles. The van der Waals surface area contributed by atoms with E-state index in [1.54, 1.807) is 12.1 Å². The van der Waals surface area contributed by atoms with Crippen LogP contribution in [0.2, 0.25) is 0 Å². The molecular weight excluding hydrogens is 418 g/mol. The molecule has 3 N–H and O–H groups in total. The van der Waals surface area contributed by atoms with Gasteiger partial charge in [0.25, 0.3) is 0 Å². The maximum Gasteiger partial charge on any atom is 0.227 e. The van der Waals surface area contributed by atoms with Crippen LogP contribution in [0, 0.1) is 35.0 Å². The van der Waals surface area contributed by atoms with Gasteiger partial charge < -0.3 is 10.4 Å². The topological polar surface area (TPSA) is 108 Å². The van der Waals surface area contributed by atoms with Gasteiger partial charge >= 0.3 is 0 Å². The monoisotopic (exact) mass is 438 g/mol. The van der Waals surface area contributed by atoms with E-state index in [2.05, 4.69) is 17.3 Å². The maximum absolute atomic E-state index is 12.3. The standard InChI is InChI=1S/C25H20N5OS/c1-17-7-5-11-30(16-17)24-22(21-10-6-12-32-21)20(15-28)23(18(13-26)14-27)29-25(24,31)19-8-3-2-4-9-19/h2-12,16,22,24,26,29,31H,1H3/q+1/t22-,24+,25+/m0/s1. The van der Waals surface area contributed by atoms with E-state index in [1.807, 2.05) is 77.8 Å². The molecule has 0 saturated carbocycles. The first kappa shape index (κ1) is 21.2. The SMILES string of the molecule is Cc1ccc[n+]([C@@H]2[C@H](c3cccs3)C(C#N)=C(C(=C=N)C#N)N[C@@]2(O)c2ccccc2)c1. The lowest BCUT2D eigenvalue weighted by Gasteiger charge is -2.42. The Labute approximate surface area is 190 Å². The zero-order chi connectivity index (χ0) is 22.7. The summed E-state index contributed by atoms with van der Waals surface area (Å²) in [7, 11) is 0. The zero-order valence-electron chi connectivity index (χ0n) is 17.3. The Kier molecular flexibility index (Phi) is 5.73. The molecule has 3 heterocycles. The minimum atomic E-state index is -1.68. The maximum atomic E-state index is 12.3. The van der Waals surface area contributed by atoms with Crippen molar-refractivity contribution in [2.45, 2.75) is 24.6 Å². The van der Waals surface area contributed by atoms with Gasteiger partial charge in [-0.25, -0.2) is 0 Å². The van der Waals surface area contributed by atoms with E-state index in [1.165, 1.54) is 11.3 Å². The van der Waals surface area contributed by atoms with Crippen molar-refractivity contribution in [3.05, 3.63) is 105 Å². The summed E-state index contributed by atoms with van der Waals surface area (Å²) in [5.74, 6) is 1.56. The number of pyridine rings is 1. The van der Waals surface area contributed by atoms with E-state index in [9.17, 15) is 15.6 Å². The summed E-state index contributed by atoms with van der Waals surface area (Å²) >= 11 is 1.48. The van der Waals surface area contributed by atoms with Crippen LogP contribution in [-0.2, 0) is 5.72 Å². The van der Waals surface area contributed by atoms with E-state index >= 15 is 0 Å². The fourth-order valence-corrected chi connectivity index (χ4v) is 5.10. The van der Waals surface area contributed by atoms with Gasteiger partial charge in [-0.2, -0.15) is 15.1 Å². The molecule has 1 aliphatic rings. The third-order valence-electron chi connectivity index (χ3n) is 5.60. The number of aromatic nitrogens is 1. The summed E-state index contributed by atoms with van der Waals surface area (Å²) in [5.41, 5.74) is 0.173. The number of rotatable bonds is 4. The number of benzene rings is 1. The Balaban J connectivity index is 2.10. The van der Waals surface area contributed by atoms with Gasteiger partial charge in [-0.1, -0.05) is 36.4 Å². The van der Waals surface area contributed by atoms with Crippen molar-refractivity contribution in [2.75, 3.05) is 0 Å². The lowest BCUT2D eigenvalue weighted by Crippen LogP contribution is -2.62. The van der Waals surface area contributed by atoms with Crippen molar-refractivity contribution < 1.29 is 9.67 Å². The summed E-state index contributed by atoms with van der Waals surface area (Å²) in [4.78, 5) is 0.871. The van der Waals surface area contributed by atoms with Gasteiger partial charge in [0.05, 0.1) is 23.3 Å². The predicted molar refractivity (Wildman–Crippen MR) is 120 cm³/mol. The van der Waals surface area contributed by atoms with Crippen LogP contribution >= 0.6 is 11.3 Å². The van der Waals surface area contributed by atoms with Crippen molar-refractivity contribution in [1.29, 1.82) is 15.9 Å². The lowest BCUT2D eigenvalue weighted by molar-refractivity contribution is -0.744. The average Bonchev–Trinajstić information content (AvgIpc) is 3.35. The molecule has 32 heavy (non-hydrogen) atoms. The Morgan fingerprint density at radius 1 is 1.16 bits per heavy atom. The second-order valence-corrected chi connectivity index (χ2v) is 8.52. The molecule has 4 rings (SSSR count). The average molecular weight is 439 g/mol. The van der Waals surface area contributed by atoms with Crippen molar-refractivity contribution in [2.24, 2.45) is 0 Å².